The zero-order valence-corrected chi connectivity index (χ0v) is 15.9. The van der Waals surface area contributed by atoms with Crippen LogP contribution in [-0.2, 0) is 24.2 Å². The van der Waals surface area contributed by atoms with Crippen LogP contribution >= 0.6 is 0 Å². The standard InChI is InChI=1S/C24H28N2O/c27-24(23-13-12-21-10-4-5-11-22(21)15-23)26(17-19-7-2-1-3-8-19)18-20-9-6-14-25-16-20/h1-2,4-6,9-11,14,16,19,23H,3,7-8,12-13,15,17-18H2/t19-,23+/m1/s1. The van der Waals surface area contributed by atoms with Crippen LogP contribution in [0.2, 0.25) is 0 Å². The Kier molecular flexibility index (Phi) is 5.66. The van der Waals surface area contributed by atoms with E-state index in [1.807, 2.05) is 12.3 Å². The number of carbonyl (C=O) groups excluding carboxylic acids is 1. The van der Waals surface area contributed by atoms with E-state index in [-0.39, 0.29) is 5.92 Å². The molecule has 0 fully saturated rings. The summed E-state index contributed by atoms with van der Waals surface area (Å²) in [5, 5.41) is 0. The van der Waals surface area contributed by atoms with Gasteiger partial charge in [-0.25, -0.2) is 0 Å². The number of aryl methyl sites for hydroxylation is 1. The molecule has 2 aliphatic rings. The highest BCUT2D eigenvalue weighted by atomic mass is 16.2. The van der Waals surface area contributed by atoms with Crippen LogP contribution < -0.4 is 0 Å². The van der Waals surface area contributed by atoms with Crippen LogP contribution in [0.15, 0.2) is 60.9 Å². The number of amides is 1. The second kappa shape index (κ2) is 8.51. The van der Waals surface area contributed by atoms with Crippen LogP contribution in [0.3, 0.4) is 0 Å². The van der Waals surface area contributed by atoms with E-state index in [0.29, 0.717) is 18.4 Å². The molecule has 140 valence electrons. The molecule has 1 aromatic carbocycles. The summed E-state index contributed by atoms with van der Waals surface area (Å²) in [5.74, 6) is 1.00. The fourth-order valence-corrected chi connectivity index (χ4v) is 4.45. The predicted octanol–water partition coefficient (Wildman–Crippen LogP) is 4.57. The lowest BCUT2D eigenvalue weighted by Crippen LogP contribution is -2.41. The quantitative estimate of drug-likeness (QED) is 0.732. The van der Waals surface area contributed by atoms with Gasteiger partial charge in [0.1, 0.15) is 0 Å². The van der Waals surface area contributed by atoms with E-state index in [2.05, 4.69) is 52.4 Å². The fourth-order valence-electron chi connectivity index (χ4n) is 4.45. The highest BCUT2D eigenvalue weighted by Crippen LogP contribution is 2.28. The molecule has 0 saturated heterocycles. The van der Waals surface area contributed by atoms with Gasteiger partial charge in [-0.15, -0.1) is 0 Å². The van der Waals surface area contributed by atoms with Gasteiger partial charge < -0.3 is 4.90 Å². The van der Waals surface area contributed by atoms with Gasteiger partial charge in [-0.3, -0.25) is 9.78 Å². The second-order valence-electron chi connectivity index (χ2n) is 7.94. The molecule has 2 aromatic rings. The van der Waals surface area contributed by atoms with Gasteiger partial charge in [0.15, 0.2) is 0 Å². The van der Waals surface area contributed by atoms with Crippen molar-refractivity contribution in [1.29, 1.82) is 0 Å². The molecule has 0 spiro atoms. The third-order valence-electron chi connectivity index (χ3n) is 5.96. The molecule has 0 N–H and O–H groups in total. The second-order valence-corrected chi connectivity index (χ2v) is 7.94. The molecule has 0 bridgehead atoms. The molecular weight excluding hydrogens is 332 g/mol. The van der Waals surface area contributed by atoms with E-state index in [1.165, 1.54) is 17.5 Å². The number of hydrogen-bond acceptors (Lipinski definition) is 2. The van der Waals surface area contributed by atoms with E-state index in [4.69, 9.17) is 0 Å². The van der Waals surface area contributed by atoms with E-state index in [9.17, 15) is 4.79 Å². The molecular formula is C24H28N2O. The number of rotatable bonds is 5. The molecule has 0 saturated carbocycles. The van der Waals surface area contributed by atoms with Crippen molar-refractivity contribution < 1.29 is 4.79 Å². The van der Waals surface area contributed by atoms with Crippen molar-refractivity contribution in [2.45, 2.75) is 45.1 Å². The zero-order valence-electron chi connectivity index (χ0n) is 15.9. The van der Waals surface area contributed by atoms with Crippen LogP contribution in [-0.4, -0.2) is 22.3 Å². The Morgan fingerprint density at radius 1 is 1.07 bits per heavy atom. The van der Waals surface area contributed by atoms with Crippen molar-refractivity contribution in [3.8, 4) is 0 Å². The maximum atomic E-state index is 13.5. The molecule has 2 aliphatic carbocycles. The van der Waals surface area contributed by atoms with Crippen LogP contribution in [0.5, 0.6) is 0 Å². The fraction of sp³-hybridized carbons (Fsp3) is 0.417. The third kappa shape index (κ3) is 4.47. The smallest absolute Gasteiger partial charge is 0.226 e. The Bertz CT molecular complexity index is 799. The molecule has 4 rings (SSSR count). The van der Waals surface area contributed by atoms with Crippen molar-refractivity contribution in [3.05, 3.63) is 77.6 Å². The van der Waals surface area contributed by atoms with Gasteiger partial charge in [0.05, 0.1) is 0 Å². The molecule has 1 amide bonds. The van der Waals surface area contributed by atoms with Gasteiger partial charge in [-0.05, 0) is 67.2 Å². The van der Waals surface area contributed by atoms with Crippen LogP contribution in [0.4, 0.5) is 0 Å². The number of aromatic nitrogens is 1. The minimum atomic E-state index is 0.107. The summed E-state index contributed by atoms with van der Waals surface area (Å²) in [6.07, 6.45) is 14.5. The lowest BCUT2D eigenvalue weighted by Gasteiger charge is -2.33. The van der Waals surface area contributed by atoms with Crippen molar-refractivity contribution in [1.82, 2.24) is 9.88 Å². The van der Waals surface area contributed by atoms with Crippen LogP contribution in [0.1, 0.15) is 42.4 Å². The Morgan fingerprint density at radius 2 is 1.96 bits per heavy atom. The van der Waals surface area contributed by atoms with Crippen molar-refractivity contribution in [3.63, 3.8) is 0 Å². The maximum Gasteiger partial charge on any atom is 0.226 e. The van der Waals surface area contributed by atoms with Crippen molar-refractivity contribution in [2.75, 3.05) is 6.54 Å². The molecule has 3 heteroatoms. The average Bonchev–Trinajstić information content (AvgIpc) is 2.74. The largest absolute Gasteiger partial charge is 0.338 e. The van der Waals surface area contributed by atoms with Crippen LogP contribution in [0, 0.1) is 11.8 Å². The first-order valence-electron chi connectivity index (χ1n) is 10.2. The molecule has 2 atom stereocenters. The highest BCUT2D eigenvalue weighted by molar-refractivity contribution is 5.79. The number of benzene rings is 1. The summed E-state index contributed by atoms with van der Waals surface area (Å²) < 4.78 is 0. The van der Waals surface area contributed by atoms with Gasteiger partial charge in [-0.1, -0.05) is 42.5 Å². The number of nitrogens with zero attached hydrogens (tertiary/aromatic N) is 2. The van der Waals surface area contributed by atoms with E-state index >= 15 is 0 Å². The summed E-state index contributed by atoms with van der Waals surface area (Å²) in [4.78, 5) is 19.8. The Labute approximate surface area is 162 Å². The molecule has 3 nitrogen and oxygen atoms in total. The van der Waals surface area contributed by atoms with Gasteiger partial charge in [0.2, 0.25) is 5.91 Å². The Hall–Kier alpha value is -2.42. The van der Waals surface area contributed by atoms with E-state index in [0.717, 1.165) is 44.2 Å². The molecule has 1 heterocycles. The average molecular weight is 361 g/mol. The maximum absolute atomic E-state index is 13.5. The summed E-state index contributed by atoms with van der Waals surface area (Å²) in [7, 11) is 0. The molecule has 1 aromatic heterocycles. The molecule has 0 radical (unpaired) electrons. The number of hydrogen-bond donors (Lipinski definition) is 0. The van der Waals surface area contributed by atoms with Crippen molar-refractivity contribution in [2.24, 2.45) is 11.8 Å². The van der Waals surface area contributed by atoms with Gasteiger partial charge in [0.25, 0.3) is 0 Å². The lowest BCUT2D eigenvalue weighted by atomic mass is 9.83. The van der Waals surface area contributed by atoms with Crippen molar-refractivity contribution >= 4 is 5.91 Å². The van der Waals surface area contributed by atoms with E-state index in [1.54, 1.807) is 6.20 Å². The molecule has 27 heavy (non-hydrogen) atoms. The number of allylic oxidation sites excluding steroid dienone is 2. The summed E-state index contributed by atoms with van der Waals surface area (Å²) in [5.41, 5.74) is 3.88. The first kappa shape index (κ1) is 18.0. The normalized spacial score (nSPS) is 21.5. The summed E-state index contributed by atoms with van der Waals surface area (Å²) in [6, 6.07) is 12.6. The molecule has 0 unspecified atom stereocenters. The van der Waals surface area contributed by atoms with E-state index < -0.39 is 0 Å². The van der Waals surface area contributed by atoms with Gasteiger partial charge in [0, 0.05) is 31.4 Å². The third-order valence-corrected chi connectivity index (χ3v) is 5.96. The van der Waals surface area contributed by atoms with Gasteiger partial charge in [-0.2, -0.15) is 0 Å². The Morgan fingerprint density at radius 3 is 2.74 bits per heavy atom. The molecule has 0 aliphatic heterocycles. The first-order chi connectivity index (χ1) is 13.3. The lowest BCUT2D eigenvalue weighted by molar-refractivity contribution is -0.137. The first-order valence-corrected chi connectivity index (χ1v) is 10.2. The van der Waals surface area contributed by atoms with Crippen LogP contribution in [0.25, 0.3) is 0 Å². The summed E-state index contributed by atoms with van der Waals surface area (Å²) >= 11 is 0. The zero-order chi connectivity index (χ0) is 18.5. The highest BCUT2D eigenvalue weighted by Gasteiger charge is 2.29. The minimum absolute atomic E-state index is 0.107. The number of carbonyl (C=O) groups is 1. The predicted molar refractivity (Wildman–Crippen MR) is 108 cm³/mol. The topological polar surface area (TPSA) is 33.2 Å². The number of pyridine rings is 1. The Balaban J connectivity index is 1.50. The minimum Gasteiger partial charge on any atom is -0.338 e. The monoisotopic (exact) mass is 360 g/mol. The summed E-state index contributed by atoms with van der Waals surface area (Å²) in [6.45, 7) is 1.53. The van der Waals surface area contributed by atoms with Gasteiger partial charge >= 0.3 is 0 Å². The number of fused-ring (bicyclic) bond motifs is 1. The SMILES string of the molecule is O=C([C@H]1CCc2ccccc2C1)N(Cc1cccnc1)C[C@@H]1CC=CCC1.